The van der Waals surface area contributed by atoms with Crippen molar-refractivity contribution >= 4 is 34.5 Å². The predicted molar refractivity (Wildman–Crippen MR) is 78.7 cm³/mol. The highest BCUT2D eigenvalue weighted by atomic mass is 32.1. The molecule has 1 atom stereocenters. The molecule has 2 rings (SSSR count). The van der Waals surface area contributed by atoms with Crippen LogP contribution in [0.2, 0.25) is 0 Å². The average molecular weight is 282 g/mol. The molecule has 5 heteroatoms. The minimum atomic E-state index is -0.570. The third-order valence-electron chi connectivity index (χ3n) is 3.58. The van der Waals surface area contributed by atoms with Crippen molar-refractivity contribution in [1.82, 2.24) is 5.32 Å². The van der Waals surface area contributed by atoms with E-state index >= 15 is 0 Å². The number of hydrogen-bond donors (Lipinski definition) is 2. The van der Waals surface area contributed by atoms with Gasteiger partial charge in [0.15, 0.2) is 0 Å². The summed E-state index contributed by atoms with van der Waals surface area (Å²) in [4.78, 5) is 13.9. The van der Waals surface area contributed by atoms with Gasteiger partial charge in [-0.3, -0.25) is 4.79 Å². The third kappa shape index (κ3) is 2.57. The molecular weight excluding hydrogens is 264 g/mol. The molecule has 0 radical (unpaired) electrons. The van der Waals surface area contributed by atoms with E-state index in [2.05, 4.69) is 11.4 Å². The van der Waals surface area contributed by atoms with E-state index < -0.39 is 5.41 Å². The zero-order valence-electron chi connectivity index (χ0n) is 10.4. The van der Waals surface area contributed by atoms with Gasteiger partial charge >= 0.3 is 0 Å². The predicted octanol–water partition coefficient (Wildman–Crippen LogP) is 2.25. The summed E-state index contributed by atoms with van der Waals surface area (Å²) in [6.45, 7) is 2.02. The Morgan fingerprint density at radius 2 is 2.39 bits per heavy atom. The molecule has 98 valence electrons. The fraction of sp³-hybridized carbons (Fsp3) is 0.538. The summed E-state index contributed by atoms with van der Waals surface area (Å²) < 4.78 is 0. The molecular formula is C13H18N2OS2. The standard InChI is InChI=1S/C13H18N2OS2/c1-9(8-10-4-2-7-18-10)15-12(16)13(11(14)17)5-3-6-13/h2,4,7,9H,3,5-6,8H2,1H3,(H2,14,17)(H,15,16). The zero-order valence-corrected chi connectivity index (χ0v) is 12.1. The summed E-state index contributed by atoms with van der Waals surface area (Å²) in [5, 5.41) is 5.09. The Hall–Kier alpha value is -0.940. The highest BCUT2D eigenvalue weighted by Gasteiger charge is 2.47. The van der Waals surface area contributed by atoms with Crippen molar-refractivity contribution in [2.24, 2.45) is 11.1 Å². The summed E-state index contributed by atoms with van der Waals surface area (Å²) >= 11 is 6.75. The smallest absolute Gasteiger partial charge is 0.233 e. The molecule has 3 nitrogen and oxygen atoms in total. The molecule has 1 heterocycles. The molecule has 1 fully saturated rings. The number of hydrogen-bond acceptors (Lipinski definition) is 3. The van der Waals surface area contributed by atoms with Crippen LogP contribution in [0.1, 0.15) is 31.1 Å². The molecule has 1 unspecified atom stereocenters. The largest absolute Gasteiger partial charge is 0.392 e. The Bertz CT molecular complexity index is 438. The number of nitrogens with two attached hydrogens (primary N) is 1. The van der Waals surface area contributed by atoms with Crippen LogP contribution in [0.3, 0.4) is 0 Å². The molecule has 1 saturated carbocycles. The molecule has 0 aromatic carbocycles. The van der Waals surface area contributed by atoms with Crippen molar-refractivity contribution in [3.8, 4) is 0 Å². The van der Waals surface area contributed by atoms with E-state index in [0.29, 0.717) is 4.99 Å². The number of thiocarbonyl (C=S) groups is 1. The monoisotopic (exact) mass is 282 g/mol. The lowest BCUT2D eigenvalue weighted by molar-refractivity contribution is -0.131. The fourth-order valence-corrected chi connectivity index (χ4v) is 3.39. The molecule has 1 aliphatic rings. The molecule has 1 aromatic heterocycles. The van der Waals surface area contributed by atoms with Crippen molar-refractivity contribution < 1.29 is 4.79 Å². The number of thiophene rings is 1. The summed E-state index contributed by atoms with van der Waals surface area (Å²) in [5.74, 6) is 0.00491. The molecule has 1 aliphatic carbocycles. The first kappa shape index (κ1) is 13.5. The van der Waals surface area contributed by atoms with Gasteiger partial charge in [0.05, 0.1) is 10.4 Å². The summed E-state index contributed by atoms with van der Waals surface area (Å²) in [7, 11) is 0. The maximum absolute atomic E-state index is 12.3. The van der Waals surface area contributed by atoms with Gasteiger partial charge in [-0.2, -0.15) is 0 Å². The van der Waals surface area contributed by atoms with E-state index in [4.69, 9.17) is 18.0 Å². The van der Waals surface area contributed by atoms with E-state index in [1.165, 1.54) is 4.88 Å². The summed E-state index contributed by atoms with van der Waals surface area (Å²) in [6.07, 6.45) is 3.47. The molecule has 0 aliphatic heterocycles. The molecule has 0 saturated heterocycles. The van der Waals surface area contributed by atoms with Gasteiger partial charge in [-0.15, -0.1) is 11.3 Å². The van der Waals surface area contributed by atoms with Crippen molar-refractivity contribution in [2.45, 2.75) is 38.6 Å². The Balaban J connectivity index is 1.92. The number of carbonyl (C=O) groups is 1. The second kappa shape index (κ2) is 5.36. The number of nitrogens with one attached hydrogen (secondary N) is 1. The molecule has 1 amide bonds. The van der Waals surface area contributed by atoms with Gasteiger partial charge in [0.2, 0.25) is 5.91 Å². The Morgan fingerprint density at radius 3 is 2.83 bits per heavy atom. The third-order valence-corrected chi connectivity index (χ3v) is 4.87. The van der Waals surface area contributed by atoms with Crippen LogP contribution in [0.15, 0.2) is 17.5 Å². The average Bonchev–Trinajstić information content (AvgIpc) is 2.66. The van der Waals surface area contributed by atoms with Crippen LogP contribution < -0.4 is 11.1 Å². The lowest BCUT2D eigenvalue weighted by Crippen LogP contribution is -2.55. The van der Waals surface area contributed by atoms with Crippen LogP contribution >= 0.6 is 23.6 Å². The van der Waals surface area contributed by atoms with E-state index in [1.54, 1.807) is 11.3 Å². The van der Waals surface area contributed by atoms with Crippen LogP contribution in [0.5, 0.6) is 0 Å². The SMILES string of the molecule is CC(Cc1cccs1)NC(=O)C1(C(N)=S)CCC1. The molecule has 0 spiro atoms. The summed E-state index contributed by atoms with van der Waals surface area (Å²) in [5.41, 5.74) is 5.15. The maximum atomic E-state index is 12.3. The molecule has 3 N–H and O–H groups in total. The Morgan fingerprint density at radius 1 is 1.67 bits per heavy atom. The van der Waals surface area contributed by atoms with Gasteiger partial charge in [-0.25, -0.2) is 0 Å². The molecule has 18 heavy (non-hydrogen) atoms. The minimum absolute atomic E-state index is 0.00491. The number of amides is 1. The second-order valence-corrected chi connectivity index (χ2v) is 6.43. The van der Waals surface area contributed by atoms with Crippen molar-refractivity contribution in [1.29, 1.82) is 0 Å². The van der Waals surface area contributed by atoms with Crippen LogP contribution in [0.4, 0.5) is 0 Å². The first-order chi connectivity index (χ1) is 8.54. The summed E-state index contributed by atoms with van der Waals surface area (Å²) in [6, 6.07) is 4.22. The Labute approximate surface area is 117 Å². The quantitative estimate of drug-likeness (QED) is 0.815. The van der Waals surface area contributed by atoms with Crippen LogP contribution in [0, 0.1) is 5.41 Å². The van der Waals surface area contributed by atoms with E-state index in [0.717, 1.165) is 25.7 Å². The van der Waals surface area contributed by atoms with Gasteiger partial charge in [-0.1, -0.05) is 24.7 Å². The topological polar surface area (TPSA) is 55.1 Å². The second-order valence-electron chi connectivity index (χ2n) is 4.96. The minimum Gasteiger partial charge on any atom is -0.392 e. The fourth-order valence-electron chi connectivity index (χ4n) is 2.26. The maximum Gasteiger partial charge on any atom is 0.233 e. The normalized spacial score (nSPS) is 18.7. The van der Waals surface area contributed by atoms with Gasteiger partial charge < -0.3 is 11.1 Å². The highest BCUT2D eigenvalue weighted by Crippen LogP contribution is 2.41. The molecule has 1 aromatic rings. The number of carbonyl (C=O) groups excluding carboxylic acids is 1. The lowest BCUT2D eigenvalue weighted by atomic mass is 9.68. The van der Waals surface area contributed by atoms with Gasteiger partial charge in [-0.05, 0) is 31.2 Å². The zero-order chi connectivity index (χ0) is 13.2. The number of rotatable bonds is 5. The first-order valence-corrected chi connectivity index (χ1v) is 7.46. The Kier molecular flexibility index (Phi) is 4.02. The van der Waals surface area contributed by atoms with Crippen LogP contribution in [-0.4, -0.2) is 16.9 Å². The highest BCUT2D eigenvalue weighted by molar-refractivity contribution is 7.80. The van der Waals surface area contributed by atoms with Crippen molar-refractivity contribution in [3.63, 3.8) is 0 Å². The van der Waals surface area contributed by atoms with E-state index in [-0.39, 0.29) is 11.9 Å². The molecule has 0 bridgehead atoms. The first-order valence-electron chi connectivity index (χ1n) is 6.18. The van der Waals surface area contributed by atoms with Gasteiger partial charge in [0.25, 0.3) is 0 Å². The van der Waals surface area contributed by atoms with E-state index in [1.807, 2.05) is 18.4 Å². The lowest BCUT2D eigenvalue weighted by Gasteiger charge is -2.39. The van der Waals surface area contributed by atoms with Crippen LogP contribution in [-0.2, 0) is 11.2 Å². The van der Waals surface area contributed by atoms with Gasteiger partial charge in [0.1, 0.15) is 0 Å². The van der Waals surface area contributed by atoms with E-state index in [9.17, 15) is 4.79 Å². The van der Waals surface area contributed by atoms with Gasteiger partial charge in [0, 0.05) is 17.3 Å². The van der Waals surface area contributed by atoms with Crippen LogP contribution in [0.25, 0.3) is 0 Å². The van der Waals surface area contributed by atoms with Crippen molar-refractivity contribution in [3.05, 3.63) is 22.4 Å². The van der Waals surface area contributed by atoms with Crippen molar-refractivity contribution in [2.75, 3.05) is 0 Å².